The van der Waals surface area contributed by atoms with Crippen molar-refractivity contribution in [1.82, 2.24) is 4.90 Å². The quantitative estimate of drug-likeness (QED) is 0.875. The SMILES string of the molecule is O=C(O)C(Cc1ccccc1Cl)N1C(=O)c2ccccc2C1=O. The molecular weight excluding hydrogens is 318 g/mol. The maximum atomic E-state index is 12.4. The summed E-state index contributed by atoms with van der Waals surface area (Å²) in [7, 11) is 0. The number of rotatable bonds is 4. The molecule has 116 valence electrons. The highest BCUT2D eigenvalue weighted by atomic mass is 35.5. The van der Waals surface area contributed by atoms with Gasteiger partial charge in [-0.2, -0.15) is 0 Å². The van der Waals surface area contributed by atoms with Gasteiger partial charge in [-0.15, -0.1) is 0 Å². The second-order valence-corrected chi connectivity index (χ2v) is 5.58. The van der Waals surface area contributed by atoms with E-state index in [1.54, 1.807) is 36.4 Å². The summed E-state index contributed by atoms with van der Waals surface area (Å²) >= 11 is 6.06. The van der Waals surface area contributed by atoms with E-state index in [2.05, 4.69) is 0 Å². The van der Waals surface area contributed by atoms with Gasteiger partial charge in [-0.3, -0.25) is 14.5 Å². The van der Waals surface area contributed by atoms with Gasteiger partial charge in [0.2, 0.25) is 0 Å². The Kier molecular flexibility index (Phi) is 3.88. The fourth-order valence-corrected chi connectivity index (χ4v) is 2.87. The van der Waals surface area contributed by atoms with Crippen molar-refractivity contribution in [1.29, 1.82) is 0 Å². The smallest absolute Gasteiger partial charge is 0.327 e. The Labute approximate surface area is 137 Å². The van der Waals surface area contributed by atoms with E-state index < -0.39 is 23.8 Å². The lowest BCUT2D eigenvalue weighted by molar-refractivity contribution is -0.141. The molecule has 1 aliphatic heterocycles. The Bertz CT molecular complexity index is 783. The average Bonchev–Trinajstić information content (AvgIpc) is 2.79. The van der Waals surface area contributed by atoms with Crippen molar-refractivity contribution in [2.75, 3.05) is 0 Å². The third kappa shape index (κ3) is 2.59. The highest BCUT2D eigenvalue weighted by Gasteiger charge is 2.42. The Balaban J connectivity index is 1.98. The molecule has 2 aromatic carbocycles. The fourth-order valence-electron chi connectivity index (χ4n) is 2.65. The molecule has 0 saturated heterocycles. The number of halogens is 1. The highest BCUT2D eigenvalue weighted by molar-refractivity contribution is 6.31. The van der Waals surface area contributed by atoms with Gasteiger partial charge < -0.3 is 5.11 Å². The Morgan fingerprint density at radius 1 is 1.00 bits per heavy atom. The van der Waals surface area contributed by atoms with Crippen molar-refractivity contribution in [2.45, 2.75) is 12.5 Å². The molecule has 6 heteroatoms. The number of carboxylic acids is 1. The summed E-state index contributed by atoms with van der Waals surface area (Å²) in [5, 5.41) is 9.91. The first-order valence-corrected chi connectivity index (χ1v) is 7.31. The van der Waals surface area contributed by atoms with Gasteiger partial charge in [0.15, 0.2) is 0 Å². The lowest BCUT2D eigenvalue weighted by Gasteiger charge is -2.23. The van der Waals surface area contributed by atoms with E-state index in [0.717, 1.165) is 4.90 Å². The lowest BCUT2D eigenvalue weighted by Crippen LogP contribution is -2.46. The number of hydrogen-bond acceptors (Lipinski definition) is 3. The van der Waals surface area contributed by atoms with E-state index in [-0.39, 0.29) is 17.5 Å². The number of nitrogens with zero attached hydrogens (tertiary/aromatic N) is 1. The molecule has 0 saturated carbocycles. The van der Waals surface area contributed by atoms with E-state index >= 15 is 0 Å². The van der Waals surface area contributed by atoms with Crippen LogP contribution in [0, 0.1) is 0 Å². The van der Waals surface area contributed by atoms with Crippen molar-refractivity contribution in [3.8, 4) is 0 Å². The maximum absolute atomic E-state index is 12.4. The van der Waals surface area contributed by atoms with Gasteiger partial charge in [0.05, 0.1) is 11.1 Å². The molecule has 0 bridgehead atoms. The zero-order valence-corrected chi connectivity index (χ0v) is 12.7. The summed E-state index contributed by atoms with van der Waals surface area (Å²) in [6.07, 6.45) is -0.0412. The van der Waals surface area contributed by atoms with Crippen molar-refractivity contribution >= 4 is 29.4 Å². The molecule has 0 spiro atoms. The summed E-state index contributed by atoms with van der Waals surface area (Å²) in [6.45, 7) is 0. The fraction of sp³-hybridized carbons (Fsp3) is 0.118. The molecule has 23 heavy (non-hydrogen) atoms. The molecule has 1 N–H and O–H groups in total. The van der Waals surface area contributed by atoms with Crippen molar-refractivity contribution in [3.05, 3.63) is 70.2 Å². The van der Waals surface area contributed by atoms with E-state index in [1.807, 2.05) is 0 Å². The Morgan fingerprint density at radius 3 is 2.04 bits per heavy atom. The summed E-state index contributed by atoms with van der Waals surface area (Å²) in [6, 6.07) is 11.8. The van der Waals surface area contributed by atoms with Gasteiger partial charge in [0.25, 0.3) is 11.8 Å². The second kappa shape index (κ2) is 5.85. The van der Waals surface area contributed by atoms with Crippen LogP contribution in [0.25, 0.3) is 0 Å². The third-order valence-electron chi connectivity index (χ3n) is 3.79. The summed E-state index contributed by atoms with van der Waals surface area (Å²) in [4.78, 5) is 37.3. The van der Waals surface area contributed by atoms with Crippen LogP contribution in [-0.2, 0) is 11.2 Å². The number of carbonyl (C=O) groups excluding carboxylic acids is 2. The average molecular weight is 330 g/mol. The first-order valence-electron chi connectivity index (χ1n) is 6.94. The predicted octanol–water partition coefficient (Wildman–Crippen LogP) is 2.63. The van der Waals surface area contributed by atoms with Crippen LogP contribution in [-0.4, -0.2) is 33.8 Å². The van der Waals surface area contributed by atoms with Crippen LogP contribution in [0.4, 0.5) is 0 Å². The summed E-state index contributed by atoms with van der Waals surface area (Å²) in [5.74, 6) is -2.44. The summed E-state index contributed by atoms with van der Waals surface area (Å²) in [5.41, 5.74) is 1.02. The van der Waals surface area contributed by atoms with Crippen LogP contribution in [0.3, 0.4) is 0 Å². The van der Waals surface area contributed by atoms with Crippen LogP contribution in [0.1, 0.15) is 26.3 Å². The van der Waals surface area contributed by atoms with Gasteiger partial charge in [-0.05, 0) is 23.8 Å². The molecule has 0 aliphatic carbocycles. The second-order valence-electron chi connectivity index (χ2n) is 5.18. The topological polar surface area (TPSA) is 74.7 Å². The minimum absolute atomic E-state index is 0.0412. The van der Waals surface area contributed by atoms with Gasteiger partial charge in [-0.1, -0.05) is 41.9 Å². The molecule has 1 aliphatic rings. The number of amides is 2. The predicted molar refractivity (Wildman–Crippen MR) is 83.5 cm³/mol. The first-order chi connectivity index (χ1) is 11.0. The first kappa shape index (κ1) is 15.2. The van der Waals surface area contributed by atoms with Crippen LogP contribution in [0.5, 0.6) is 0 Å². The summed E-state index contributed by atoms with van der Waals surface area (Å²) < 4.78 is 0. The van der Waals surface area contributed by atoms with Crippen LogP contribution in [0.15, 0.2) is 48.5 Å². The van der Waals surface area contributed by atoms with Crippen molar-refractivity contribution < 1.29 is 19.5 Å². The molecule has 1 atom stereocenters. The molecule has 5 nitrogen and oxygen atoms in total. The monoisotopic (exact) mass is 329 g/mol. The largest absolute Gasteiger partial charge is 0.480 e. The molecule has 0 aromatic heterocycles. The number of carbonyl (C=O) groups is 3. The van der Waals surface area contributed by atoms with Crippen LogP contribution >= 0.6 is 11.6 Å². The minimum Gasteiger partial charge on any atom is -0.480 e. The molecular formula is C17H12ClNO4. The standard InChI is InChI=1S/C17H12ClNO4/c18-13-8-4-1-5-10(13)9-14(17(22)23)19-15(20)11-6-2-3-7-12(11)16(19)21/h1-8,14H,9H2,(H,22,23). The van der Waals surface area contributed by atoms with Gasteiger partial charge >= 0.3 is 5.97 Å². The highest BCUT2D eigenvalue weighted by Crippen LogP contribution is 2.27. The zero-order chi connectivity index (χ0) is 16.6. The Hall–Kier alpha value is -2.66. The van der Waals surface area contributed by atoms with Gasteiger partial charge in [-0.25, -0.2) is 4.79 Å². The van der Waals surface area contributed by atoms with Crippen LogP contribution < -0.4 is 0 Å². The van der Waals surface area contributed by atoms with E-state index in [1.165, 1.54) is 12.1 Å². The van der Waals surface area contributed by atoms with E-state index in [4.69, 9.17) is 11.6 Å². The van der Waals surface area contributed by atoms with Crippen molar-refractivity contribution in [2.24, 2.45) is 0 Å². The van der Waals surface area contributed by atoms with Gasteiger partial charge in [0.1, 0.15) is 6.04 Å². The van der Waals surface area contributed by atoms with Crippen molar-refractivity contribution in [3.63, 3.8) is 0 Å². The normalized spacial score (nSPS) is 14.7. The van der Waals surface area contributed by atoms with Gasteiger partial charge in [0, 0.05) is 11.4 Å². The molecule has 2 amide bonds. The number of aliphatic carboxylic acids is 1. The molecule has 1 unspecified atom stereocenters. The zero-order valence-electron chi connectivity index (χ0n) is 11.9. The van der Waals surface area contributed by atoms with E-state index in [0.29, 0.717) is 10.6 Å². The minimum atomic E-state index is -1.30. The number of fused-ring (bicyclic) bond motifs is 1. The number of benzene rings is 2. The number of hydrogen-bond donors (Lipinski definition) is 1. The molecule has 2 aromatic rings. The molecule has 0 fully saturated rings. The van der Waals surface area contributed by atoms with E-state index in [9.17, 15) is 19.5 Å². The van der Waals surface area contributed by atoms with Crippen LogP contribution in [0.2, 0.25) is 5.02 Å². The number of carboxylic acid groups (broad SMARTS) is 1. The molecule has 3 rings (SSSR count). The molecule has 1 heterocycles. The molecule has 0 radical (unpaired) electrons. The number of imide groups is 1. The maximum Gasteiger partial charge on any atom is 0.327 e. The Morgan fingerprint density at radius 2 is 1.52 bits per heavy atom. The third-order valence-corrected chi connectivity index (χ3v) is 4.16. The lowest BCUT2D eigenvalue weighted by atomic mass is 10.0.